The number of phenolic OH excluding ortho intramolecular Hbond substituents is 1. The number of amides is 1. The molecule has 2 aliphatic rings. The van der Waals surface area contributed by atoms with E-state index in [1.807, 2.05) is 0 Å². The van der Waals surface area contributed by atoms with Crippen LogP contribution in [0.3, 0.4) is 0 Å². The second-order valence-corrected chi connectivity index (χ2v) is 8.31. The molecular formula is C15H21FN4O4S. The number of halogens is 1. The van der Waals surface area contributed by atoms with E-state index >= 15 is 0 Å². The molecule has 8 nitrogen and oxygen atoms in total. The molecular weight excluding hydrogens is 351 g/mol. The lowest BCUT2D eigenvalue weighted by molar-refractivity contribution is -0.117. The first-order valence-corrected chi connectivity index (χ1v) is 9.48. The standard InChI is InChI=1S/C15H21FN4O4S/c1-8(2)5-17-6-9-3-10-11(18-9)4-12(21)15(14(10)16)20-7-13(22)19-25(20,23)24/h4,8-9,17-18,21H,3,5-7H2,1-2H3,(H,19,22)/t9-/m0/s1. The van der Waals surface area contributed by atoms with E-state index in [4.69, 9.17) is 0 Å². The highest BCUT2D eigenvalue weighted by molar-refractivity contribution is 7.92. The van der Waals surface area contributed by atoms with Crippen LogP contribution in [0.5, 0.6) is 5.75 Å². The van der Waals surface area contributed by atoms with Gasteiger partial charge in [-0.25, -0.2) is 13.4 Å². The van der Waals surface area contributed by atoms with Crippen molar-refractivity contribution in [3.8, 4) is 5.75 Å². The van der Waals surface area contributed by atoms with Crippen molar-refractivity contribution in [3.63, 3.8) is 0 Å². The van der Waals surface area contributed by atoms with Crippen LogP contribution in [0.4, 0.5) is 15.8 Å². The zero-order chi connectivity index (χ0) is 18.4. The van der Waals surface area contributed by atoms with Crippen LogP contribution in [0.2, 0.25) is 0 Å². The number of hydrogen-bond donors (Lipinski definition) is 4. The molecule has 10 heteroatoms. The van der Waals surface area contributed by atoms with Crippen molar-refractivity contribution in [1.82, 2.24) is 10.0 Å². The predicted octanol–water partition coefficient (Wildman–Crippen LogP) is 0.294. The van der Waals surface area contributed by atoms with Crippen LogP contribution in [0, 0.1) is 11.7 Å². The molecule has 1 saturated heterocycles. The highest BCUT2D eigenvalue weighted by Crippen LogP contribution is 2.41. The number of rotatable bonds is 5. The molecule has 1 aromatic carbocycles. The van der Waals surface area contributed by atoms with Gasteiger partial charge in [0.15, 0.2) is 5.82 Å². The van der Waals surface area contributed by atoms with Gasteiger partial charge in [0.25, 0.3) is 5.91 Å². The van der Waals surface area contributed by atoms with Crippen molar-refractivity contribution >= 4 is 27.5 Å². The fourth-order valence-corrected chi connectivity index (χ4v) is 4.23. The van der Waals surface area contributed by atoms with E-state index in [1.54, 1.807) is 4.72 Å². The van der Waals surface area contributed by atoms with Gasteiger partial charge in [-0.05, 0) is 18.9 Å². The topological polar surface area (TPSA) is 111 Å². The van der Waals surface area contributed by atoms with Crippen LogP contribution in [0.25, 0.3) is 0 Å². The van der Waals surface area contributed by atoms with Crippen LogP contribution >= 0.6 is 0 Å². The van der Waals surface area contributed by atoms with E-state index in [0.717, 1.165) is 6.54 Å². The minimum absolute atomic E-state index is 0.0622. The molecule has 0 bridgehead atoms. The molecule has 1 aromatic rings. The minimum Gasteiger partial charge on any atom is -0.506 e. The predicted molar refractivity (Wildman–Crippen MR) is 91.3 cm³/mol. The molecule has 0 unspecified atom stereocenters. The number of nitrogens with one attached hydrogen (secondary N) is 3. The lowest BCUT2D eigenvalue weighted by atomic mass is 10.1. The molecule has 0 spiro atoms. The highest BCUT2D eigenvalue weighted by Gasteiger charge is 2.39. The number of phenols is 1. The molecule has 0 aliphatic carbocycles. The summed E-state index contributed by atoms with van der Waals surface area (Å²) in [5.41, 5.74) is 0.249. The molecule has 4 N–H and O–H groups in total. The number of hydrogen-bond acceptors (Lipinski definition) is 6. The van der Waals surface area contributed by atoms with Crippen LogP contribution < -0.4 is 19.7 Å². The molecule has 0 saturated carbocycles. The Morgan fingerprint density at radius 1 is 1.48 bits per heavy atom. The Morgan fingerprint density at radius 3 is 2.80 bits per heavy atom. The van der Waals surface area contributed by atoms with Crippen molar-refractivity contribution in [2.75, 3.05) is 29.3 Å². The lowest BCUT2D eigenvalue weighted by Gasteiger charge is -2.18. The summed E-state index contributed by atoms with van der Waals surface area (Å²) in [5.74, 6) is -1.64. The first kappa shape index (κ1) is 17.7. The number of fused-ring (bicyclic) bond motifs is 1. The Hall–Kier alpha value is -2.07. The molecule has 1 fully saturated rings. The molecule has 1 amide bonds. The van der Waals surface area contributed by atoms with Crippen LogP contribution in [0.1, 0.15) is 19.4 Å². The van der Waals surface area contributed by atoms with Gasteiger partial charge < -0.3 is 15.7 Å². The van der Waals surface area contributed by atoms with E-state index < -0.39 is 39.9 Å². The van der Waals surface area contributed by atoms with Crippen LogP contribution in [-0.2, 0) is 21.4 Å². The second-order valence-electron chi connectivity index (χ2n) is 6.72. The third-order valence-electron chi connectivity index (χ3n) is 4.14. The summed E-state index contributed by atoms with van der Waals surface area (Å²) in [6, 6.07) is 1.24. The summed E-state index contributed by atoms with van der Waals surface area (Å²) in [4.78, 5) is 11.4. The van der Waals surface area contributed by atoms with Crippen molar-refractivity contribution in [2.24, 2.45) is 5.92 Å². The van der Waals surface area contributed by atoms with Crippen LogP contribution in [-0.4, -0.2) is 45.1 Å². The number of aromatic hydroxyl groups is 1. The average Bonchev–Trinajstić information content (AvgIpc) is 2.99. The number of nitrogens with zero attached hydrogens (tertiary/aromatic N) is 1. The molecule has 25 heavy (non-hydrogen) atoms. The van der Waals surface area contributed by atoms with Crippen molar-refractivity contribution in [1.29, 1.82) is 0 Å². The molecule has 3 rings (SSSR count). The summed E-state index contributed by atoms with van der Waals surface area (Å²) < 4.78 is 41.1. The first-order chi connectivity index (χ1) is 11.7. The molecule has 0 aromatic heterocycles. The van der Waals surface area contributed by atoms with Crippen molar-refractivity contribution in [3.05, 3.63) is 17.4 Å². The second kappa shape index (κ2) is 6.34. The van der Waals surface area contributed by atoms with Crippen LogP contribution in [0.15, 0.2) is 6.07 Å². The zero-order valence-corrected chi connectivity index (χ0v) is 14.8. The number of benzene rings is 1. The average molecular weight is 372 g/mol. The van der Waals surface area contributed by atoms with E-state index in [-0.39, 0.29) is 6.04 Å². The molecule has 2 aliphatic heterocycles. The molecule has 0 radical (unpaired) electrons. The smallest absolute Gasteiger partial charge is 0.326 e. The fraction of sp³-hybridized carbons (Fsp3) is 0.533. The van der Waals surface area contributed by atoms with Gasteiger partial charge in [0.05, 0.1) is 0 Å². The first-order valence-electron chi connectivity index (χ1n) is 8.04. The maximum atomic E-state index is 14.9. The quantitative estimate of drug-likeness (QED) is 0.592. The maximum absolute atomic E-state index is 14.9. The van der Waals surface area contributed by atoms with E-state index in [2.05, 4.69) is 24.5 Å². The van der Waals surface area contributed by atoms with Gasteiger partial charge in [-0.3, -0.25) is 4.79 Å². The SMILES string of the molecule is CC(C)CNC[C@@H]1Cc2c(cc(O)c(N3CC(=O)NS3(=O)=O)c2F)N1. The molecule has 1 atom stereocenters. The Bertz CT molecular complexity index is 812. The third-order valence-corrected chi connectivity index (χ3v) is 5.52. The van der Waals surface area contributed by atoms with E-state index in [1.165, 1.54) is 6.07 Å². The Kier molecular flexibility index (Phi) is 4.50. The van der Waals surface area contributed by atoms with Gasteiger partial charge in [0.1, 0.15) is 18.0 Å². The fourth-order valence-electron chi connectivity index (χ4n) is 3.06. The Balaban J connectivity index is 1.86. The number of anilines is 2. The van der Waals surface area contributed by atoms with Crippen molar-refractivity contribution in [2.45, 2.75) is 26.3 Å². The molecule has 2 heterocycles. The normalized spacial score (nSPS) is 21.4. The highest BCUT2D eigenvalue weighted by atomic mass is 32.2. The van der Waals surface area contributed by atoms with Gasteiger partial charge in [0.2, 0.25) is 0 Å². The largest absolute Gasteiger partial charge is 0.506 e. The number of carbonyl (C=O) groups is 1. The minimum atomic E-state index is -4.19. The summed E-state index contributed by atoms with van der Waals surface area (Å²) >= 11 is 0. The van der Waals surface area contributed by atoms with Gasteiger partial charge in [0, 0.05) is 29.9 Å². The maximum Gasteiger partial charge on any atom is 0.326 e. The summed E-state index contributed by atoms with van der Waals surface area (Å²) in [6.45, 7) is 5.05. The lowest BCUT2D eigenvalue weighted by Crippen LogP contribution is -2.33. The summed E-state index contributed by atoms with van der Waals surface area (Å²) in [5, 5.41) is 16.5. The van der Waals surface area contributed by atoms with Gasteiger partial charge in [-0.1, -0.05) is 13.8 Å². The Morgan fingerprint density at radius 2 is 2.20 bits per heavy atom. The zero-order valence-electron chi connectivity index (χ0n) is 14.0. The summed E-state index contributed by atoms with van der Waals surface area (Å²) in [6.07, 6.45) is 0.356. The van der Waals surface area contributed by atoms with E-state index in [0.29, 0.717) is 34.4 Å². The molecule has 138 valence electrons. The van der Waals surface area contributed by atoms with Gasteiger partial charge in [-0.2, -0.15) is 8.42 Å². The Labute approximate surface area is 145 Å². The van der Waals surface area contributed by atoms with Crippen molar-refractivity contribution < 1.29 is 22.7 Å². The monoisotopic (exact) mass is 372 g/mol. The number of carbonyl (C=O) groups excluding carboxylic acids is 1. The van der Waals surface area contributed by atoms with Gasteiger partial charge >= 0.3 is 10.2 Å². The summed E-state index contributed by atoms with van der Waals surface area (Å²) in [7, 11) is -4.19. The third kappa shape index (κ3) is 3.36. The van der Waals surface area contributed by atoms with Gasteiger partial charge in [-0.15, -0.1) is 0 Å². The van der Waals surface area contributed by atoms with E-state index in [9.17, 15) is 22.7 Å².